The van der Waals surface area contributed by atoms with Crippen LogP contribution < -0.4 is 21.1 Å². The van der Waals surface area contributed by atoms with Gasteiger partial charge in [0.25, 0.3) is 11.8 Å². The summed E-state index contributed by atoms with van der Waals surface area (Å²) in [5.41, 5.74) is 6.44. The van der Waals surface area contributed by atoms with Crippen LogP contribution in [0.3, 0.4) is 0 Å². The quantitative estimate of drug-likeness (QED) is 0.537. The molecule has 0 heterocycles. The van der Waals surface area contributed by atoms with E-state index in [2.05, 4.69) is 10.6 Å². The minimum absolute atomic E-state index is 0.267. The summed E-state index contributed by atoms with van der Waals surface area (Å²) in [4.78, 5) is 36.0. The molecule has 0 aliphatic heterocycles. The highest BCUT2D eigenvalue weighted by Crippen LogP contribution is 2.24. The van der Waals surface area contributed by atoms with Crippen LogP contribution in [0.1, 0.15) is 22.0 Å². The molecule has 3 aromatic rings. The van der Waals surface area contributed by atoms with E-state index in [9.17, 15) is 14.4 Å². The van der Waals surface area contributed by atoms with Gasteiger partial charge in [-0.3, -0.25) is 14.4 Å². The Balaban J connectivity index is 1.78. The first-order valence-corrected chi connectivity index (χ1v) is 9.27. The Morgan fingerprint density at radius 2 is 1.53 bits per heavy atom. The molecule has 0 aliphatic rings. The van der Waals surface area contributed by atoms with Crippen molar-refractivity contribution in [2.24, 2.45) is 5.73 Å². The monoisotopic (exact) mass is 403 g/mol. The number of ether oxygens (including phenoxy) is 1. The smallest absolute Gasteiger partial charge is 0.270 e. The first kappa shape index (κ1) is 20.6. The Bertz CT molecular complexity index is 1020. The third kappa shape index (κ3) is 5.68. The summed E-state index contributed by atoms with van der Waals surface area (Å²) < 4.78 is 5.93. The molecule has 152 valence electrons. The zero-order valence-corrected chi connectivity index (χ0v) is 16.1. The standard InChI is InChI=1S/C23H21N3O4/c24-20(27)15-25-22(28)17-10-7-11-18(14-17)26-23(29)21(16-8-3-1-4-9-16)30-19-12-5-2-6-13-19/h1-14,21H,15H2,(H2,24,27)(H,25,28)(H,26,29). The van der Waals surface area contributed by atoms with Gasteiger partial charge in [-0.2, -0.15) is 0 Å². The number of hydrogen-bond acceptors (Lipinski definition) is 4. The van der Waals surface area contributed by atoms with Gasteiger partial charge in [-0.15, -0.1) is 0 Å². The largest absolute Gasteiger partial charge is 0.476 e. The summed E-state index contributed by atoms with van der Waals surface area (Å²) >= 11 is 0. The second-order valence-corrected chi connectivity index (χ2v) is 6.44. The highest BCUT2D eigenvalue weighted by Gasteiger charge is 2.23. The summed E-state index contributed by atoms with van der Waals surface area (Å²) in [6.45, 7) is -0.267. The van der Waals surface area contributed by atoms with Crippen molar-refractivity contribution in [3.8, 4) is 5.75 Å². The second kappa shape index (κ2) is 9.88. The maximum absolute atomic E-state index is 13.0. The van der Waals surface area contributed by atoms with Gasteiger partial charge in [0.2, 0.25) is 12.0 Å². The second-order valence-electron chi connectivity index (χ2n) is 6.44. The highest BCUT2D eigenvalue weighted by molar-refractivity contribution is 5.99. The lowest BCUT2D eigenvalue weighted by molar-refractivity contribution is -0.123. The van der Waals surface area contributed by atoms with Gasteiger partial charge in [-0.1, -0.05) is 54.6 Å². The summed E-state index contributed by atoms with van der Waals surface area (Å²) in [7, 11) is 0. The molecule has 0 aliphatic carbocycles. The van der Waals surface area contributed by atoms with E-state index < -0.39 is 17.9 Å². The molecule has 7 heteroatoms. The van der Waals surface area contributed by atoms with Gasteiger partial charge in [-0.05, 0) is 30.3 Å². The zero-order chi connectivity index (χ0) is 21.3. The molecule has 0 bridgehead atoms. The molecule has 1 atom stereocenters. The predicted octanol–water partition coefficient (Wildman–Crippen LogP) is 2.66. The minimum Gasteiger partial charge on any atom is -0.476 e. The molecule has 3 amide bonds. The number of carbonyl (C=O) groups is 3. The molecule has 3 rings (SSSR count). The third-order valence-corrected chi connectivity index (χ3v) is 4.15. The highest BCUT2D eigenvalue weighted by atomic mass is 16.5. The molecule has 30 heavy (non-hydrogen) atoms. The molecular formula is C23H21N3O4. The molecular weight excluding hydrogens is 382 g/mol. The molecule has 1 unspecified atom stereocenters. The van der Waals surface area contributed by atoms with Crippen LogP contribution in [0.5, 0.6) is 5.75 Å². The zero-order valence-electron chi connectivity index (χ0n) is 16.1. The lowest BCUT2D eigenvalue weighted by Crippen LogP contribution is -2.33. The van der Waals surface area contributed by atoms with Gasteiger partial charge in [0.1, 0.15) is 5.75 Å². The van der Waals surface area contributed by atoms with Gasteiger partial charge in [0.05, 0.1) is 6.54 Å². The number of amides is 3. The molecule has 0 saturated carbocycles. The average molecular weight is 403 g/mol. The van der Waals surface area contributed by atoms with Crippen LogP contribution in [0.2, 0.25) is 0 Å². The summed E-state index contributed by atoms with van der Waals surface area (Å²) in [5.74, 6) is -0.942. The molecule has 3 aromatic carbocycles. The number of nitrogens with two attached hydrogens (primary N) is 1. The Hall–Kier alpha value is -4.13. The normalized spacial score (nSPS) is 11.2. The van der Waals surface area contributed by atoms with E-state index in [1.54, 1.807) is 42.5 Å². The van der Waals surface area contributed by atoms with E-state index in [4.69, 9.17) is 10.5 Å². The van der Waals surface area contributed by atoms with E-state index in [0.717, 1.165) is 0 Å². The molecule has 4 N–H and O–H groups in total. The Labute approximate surface area is 173 Å². The lowest BCUT2D eigenvalue weighted by Gasteiger charge is -2.19. The fraction of sp³-hybridized carbons (Fsp3) is 0.0870. The molecule has 0 spiro atoms. The van der Waals surface area contributed by atoms with Crippen LogP contribution >= 0.6 is 0 Å². The van der Waals surface area contributed by atoms with E-state index in [0.29, 0.717) is 17.0 Å². The number of para-hydroxylation sites is 1. The number of benzene rings is 3. The molecule has 0 radical (unpaired) electrons. The van der Waals surface area contributed by atoms with Crippen LogP contribution in [-0.2, 0) is 9.59 Å². The Kier molecular flexibility index (Phi) is 6.78. The predicted molar refractivity (Wildman–Crippen MR) is 113 cm³/mol. The van der Waals surface area contributed by atoms with Gasteiger partial charge in [0.15, 0.2) is 0 Å². The fourth-order valence-electron chi connectivity index (χ4n) is 2.75. The van der Waals surface area contributed by atoms with E-state index in [-0.39, 0.29) is 18.0 Å². The SMILES string of the molecule is NC(=O)CNC(=O)c1cccc(NC(=O)C(Oc2ccccc2)c2ccccc2)c1. The van der Waals surface area contributed by atoms with Crippen molar-refractivity contribution >= 4 is 23.4 Å². The van der Waals surface area contributed by atoms with Crippen LogP contribution in [0.15, 0.2) is 84.9 Å². The van der Waals surface area contributed by atoms with Crippen LogP contribution in [0.25, 0.3) is 0 Å². The third-order valence-electron chi connectivity index (χ3n) is 4.15. The maximum Gasteiger partial charge on any atom is 0.270 e. The van der Waals surface area contributed by atoms with Gasteiger partial charge in [-0.25, -0.2) is 0 Å². The first-order chi connectivity index (χ1) is 14.5. The Morgan fingerprint density at radius 1 is 0.867 bits per heavy atom. The molecule has 0 aromatic heterocycles. The van der Waals surface area contributed by atoms with E-state index in [1.165, 1.54) is 6.07 Å². The molecule has 0 saturated heterocycles. The number of hydrogen-bond donors (Lipinski definition) is 3. The number of rotatable bonds is 8. The first-order valence-electron chi connectivity index (χ1n) is 9.27. The van der Waals surface area contributed by atoms with Gasteiger partial charge < -0.3 is 21.1 Å². The lowest BCUT2D eigenvalue weighted by atomic mass is 10.1. The van der Waals surface area contributed by atoms with Crippen molar-refractivity contribution in [1.82, 2.24) is 5.32 Å². The van der Waals surface area contributed by atoms with Crippen molar-refractivity contribution < 1.29 is 19.1 Å². The van der Waals surface area contributed by atoms with E-state index >= 15 is 0 Å². The summed E-state index contributed by atoms with van der Waals surface area (Å²) in [6.07, 6.45) is -0.888. The molecule has 0 fully saturated rings. The number of carbonyl (C=O) groups excluding carboxylic acids is 3. The fourth-order valence-corrected chi connectivity index (χ4v) is 2.75. The van der Waals surface area contributed by atoms with Gasteiger partial charge >= 0.3 is 0 Å². The topological polar surface area (TPSA) is 111 Å². The number of nitrogens with one attached hydrogen (secondary N) is 2. The van der Waals surface area contributed by atoms with Gasteiger partial charge in [0, 0.05) is 16.8 Å². The van der Waals surface area contributed by atoms with Crippen molar-refractivity contribution in [2.45, 2.75) is 6.10 Å². The minimum atomic E-state index is -0.888. The van der Waals surface area contributed by atoms with Crippen molar-refractivity contribution in [1.29, 1.82) is 0 Å². The maximum atomic E-state index is 13.0. The van der Waals surface area contributed by atoms with Crippen molar-refractivity contribution in [2.75, 3.05) is 11.9 Å². The van der Waals surface area contributed by atoms with Crippen LogP contribution in [-0.4, -0.2) is 24.3 Å². The Morgan fingerprint density at radius 3 is 2.20 bits per heavy atom. The van der Waals surface area contributed by atoms with Crippen LogP contribution in [0, 0.1) is 0 Å². The van der Waals surface area contributed by atoms with Crippen LogP contribution in [0.4, 0.5) is 5.69 Å². The molecule has 7 nitrogen and oxygen atoms in total. The van der Waals surface area contributed by atoms with E-state index in [1.807, 2.05) is 36.4 Å². The number of primary amides is 1. The average Bonchev–Trinajstić information content (AvgIpc) is 2.77. The van der Waals surface area contributed by atoms with Crippen molar-refractivity contribution in [3.63, 3.8) is 0 Å². The summed E-state index contributed by atoms with van der Waals surface area (Å²) in [6, 6.07) is 24.5. The summed E-state index contributed by atoms with van der Waals surface area (Å²) in [5, 5.41) is 5.19. The number of anilines is 1. The van der Waals surface area contributed by atoms with Crippen molar-refractivity contribution in [3.05, 3.63) is 96.1 Å².